The van der Waals surface area contributed by atoms with Gasteiger partial charge in [0.05, 0.1) is 5.56 Å². The van der Waals surface area contributed by atoms with Gasteiger partial charge >= 0.3 is 5.97 Å². The minimum Gasteiger partial charge on any atom is -0.451 e. The highest BCUT2D eigenvalue weighted by Gasteiger charge is 2.22. The number of aryl methyl sites for hydroxylation is 1. The van der Waals surface area contributed by atoms with Crippen molar-refractivity contribution >= 4 is 27.7 Å². The average molecular weight is 365 g/mol. The van der Waals surface area contributed by atoms with Crippen LogP contribution in [0.15, 0.2) is 46.9 Å². The van der Waals surface area contributed by atoms with Gasteiger partial charge in [0.2, 0.25) is 5.78 Å². The molecule has 0 bridgehead atoms. The van der Waals surface area contributed by atoms with Crippen LogP contribution < -0.4 is 0 Å². The summed E-state index contributed by atoms with van der Waals surface area (Å²) >= 11 is 3.11. The van der Waals surface area contributed by atoms with Crippen molar-refractivity contribution in [2.75, 3.05) is 0 Å². The molecular weight excluding hydrogens is 351 g/mol. The predicted molar refractivity (Wildman–Crippen MR) is 84.5 cm³/mol. The maximum atomic E-state index is 13.7. The zero-order valence-electron chi connectivity index (χ0n) is 12.1. The van der Waals surface area contributed by atoms with Gasteiger partial charge in [-0.2, -0.15) is 0 Å². The number of halogens is 2. The SMILES string of the molecule is Cc1ccc(C(=O)[C@@H](C)OC(=O)c2ccc(Br)cc2F)cc1. The molecule has 0 unspecified atom stereocenters. The highest BCUT2D eigenvalue weighted by molar-refractivity contribution is 9.10. The van der Waals surface area contributed by atoms with Gasteiger partial charge in [-0.25, -0.2) is 9.18 Å². The topological polar surface area (TPSA) is 43.4 Å². The summed E-state index contributed by atoms with van der Waals surface area (Å²) in [6.45, 7) is 3.38. The second-order valence-corrected chi connectivity index (χ2v) is 5.82. The lowest BCUT2D eigenvalue weighted by molar-refractivity contribution is 0.0314. The molecule has 0 spiro atoms. The number of hydrogen-bond donors (Lipinski definition) is 0. The van der Waals surface area contributed by atoms with Gasteiger partial charge in [-0.15, -0.1) is 0 Å². The fraction of sp³-hybridized carbons (Fsp3) is 0.176. The average Bonchev–Trinajstić information content (AvgIpc) is 2.47. The summed E-state index contributed by atoms with van der Waals surface area (Å²) in [4.78, 5) is 24.1. The Balaban J connectivity index is 2.10. The quantitative estimate of drug-likeness (QED) is 0.599. The van der Waals surface area contributed by atoms with Crippen molar-refractivity contribution in [2.24, 2.45) is 0 Å². The first-order chi connectivity index (χ1) is 10.4. The first-order valence-electron chi connectivity index (χ1n) is 6.65. The largest absolute Gasteiger partial charge is 0.451 e. The van der Waals surface area contributed by atoms with Crippen molar-refractivity contribution in [1.82, 2.24) is 0 Å². The normalized spacial score (nSPS) is 11.8. The van der Waals surface area contributed by atoms with Crippen molar-refractivity contribution in [2.45, 2.75) is 20.0 Å². The lowest BCUT2D eigenvalue weighted by atomic mass is 10.1. The molecule has 0 saturated heterocycles. The van der Waals surface area contributed by atoms with E-state index in [0.29, 0.717) is 10.0 Å². The highest BCUT2D eigenvalue weighted by atomic mass is 79.9. The van der Waals surface area contributed by atoms with Crippen LogP contribution in [0.25, 0.3) is 0 Å². The summed E-state index contributed by atoms with van der Waals surface area (Å²) in [6.07, 6.45) is -0.988. The molecule has 2 aromatic rings. The monoisotopic (exact) mass is 364 g/mol. The van der Waals surface area contributed by atoms with Crippen LogP contribution in [0.3, 0.4) is 0 Å². The number of rotatable bonds is 4. The molecule has 0 heterocycles. The van der Waals surface area contributed by atoms with E-state index >= 15 is 0 Å². The fourth-order valence-corrected chi connectivity index (χ4v) is 2.22. The third-order valence-electron chi connectivity index (χ3n) is 3.14. The lowest BCUT2D eigenvalue weighted by Gasteiger charge is -2.13. The Labute approximate surface area is 136 Å². The maximum Gasteiger partial charge on any atom is 0.341 e. The molecule has 0 aliphatic rings. The van der Waals surface area contributed by atoms with Gasteiger partial charge in [0.15, 0.2) is 6.10 Å². The zero-order chi connectivity index (χ0) is 16.3. The van der Waals surface area contributed by atoms with E-state index in [1.807, 2.05) is 6.92 Å². The summed E-state index contributed by atoms with van der Waals surface area (Å²) in [5, 5.41) is 0. The molecule has 1 atom stereocenters. The molecular formula is C17H14BrFO3. The van der Waals surface area contributed by atoms with Gasteiger partial charge in [0.25, 0.3) is 0 Å². The molecule has 5 heteroatoms. The molecule has 2 aromatic carbocycles. The van der Waals surface area contributed by atoms with Crippen molar-refractivity contribution in [3.8, 4) is 0 Å². The van der Waals surface area contributed by atoms with E-state index in [9.17, 15) is 14.0 Å². The summed E-state index contributed by atoms with van der Waals surface area (Å²) < 4.78 is 19.3. The van der Waals surface area contributed by atoms with E-state index in [2.05, 4.69) is 15.9 Å². The molecule has 22 heavy (non-hydrogen) atoms. The van der Waals surface area contributed by atoms with Gasteiger partial charge < -0.3 is 4.74 Å². The van der Waals surface area contributed by atoms with Crippen molar-refractivity contribution in [1.29, 1.82) is 0 Å². The number of hydrogen-bond acceptors (Lipinski definition) is 3. The second-order valence-electron chi connectivity index (χ2n) is 4.90. The molecule has 0 radical (unpaired) electrons. The Hall–Kier alpha value is -2.01. The van der Waals surface area contributed by atoms with Gasteiger partial charge in [-0.05, 0) is 32.0 Å². The van der Waals surface area contributed by atoms with Crippen LogP contribution in [0.2, 0.25) is 0 Å². The number of esters is 1. The van der Waals surface area contributed by atoms with E-state index in [1.54, 1.807) is 24.3 Å². The molecule has 0 aliphatic carbocycles. The van der Waals surface area contributed by atoms with E-state index in [0.717, 1.165) is 5.56 Å². The van der Waals surface area contributed by atoms with Crippen molar-refractivity contribution in [3.63, 3.8) is 0 Å². The van der Waals surface area contributed by atoms with Crippen LogP contribution >= 0.6 is 15.9 Å². The third-order valence-corrected chi connectivity index (χ3v) is 3.63. The van der Waals surface area contributed by atoms with Crippen LogP contribution in [0.1, 0.15) is 33.2 Å². The Bertz CT molecular complexity index is 710. The van der Waals surface area contributed by atoms with Gasteiger partial charge in [-0.1, -0.05) is 45.8 Å². The molecule has 0 amide bonds. The summed E-state index contributed by atoms with van der Waals surface area (Å²) in [6, 6.07) is 11.0. The first kappa shape index (κ1) is 16.4. The summed E-state index contributed by atoms with van der Waals surface area (Å²) in [7, 11) is 0. The van der Waals surface area contributed by atoms with Gasteiger partial charge in [0, 0.05) is 10.0 Å². The van der Waals surface area contributed by atoms with Crippen LogP contribution in [-0.2, 0) is 4.74 Å². The Morgan fingerprint density at radius 2 is 1.77 bits per heavy atom. The summed E-state index contributed by atoms with van der Waals surface area (Å²) in [5.74, 6) is -1.89. The minimum atomic E-state index is -0.988. The Kier molecular flexibility index (Phi) is 5.08. The van der Waals surface area contributed by atoms with Crippen molar-refractivity contribution < 1.29 is 18.7 Å². The van der Waals surface area contributed by atoms with E-state index in [1.165, 1.54) is 25.1 Å². The number of ketones is 1. The number of ether oxygens (including phenoxy) is 1. The van der Waals surface area contributed by atoms with Crippen LogP contribution in [-0.4, -0.2) is 17.9 Å². The number of benzene rings is 2. The number of Topliss-reactive ketones (excluding diaryl/α,β-unsaturated/α-hetero) is 1. The molecule has 3 nitrogen and oxygen atoms in total. The standard InChI is InChI=1S/C17H14BrFO3/c1-10-3-5-12(6-4-10)16(20)11(2)22-17(21)14-8-7-13(18)9-15(14)19/h3-9,11H,1-2H3/t11-/m1/s1. The predicted octanol–water partition coefficient (Wildman–Crippen LogP) is 4.32. The van der Waals surface area contributed by atoms with Gasteiger partial charge in [-0.3, -0.25) is 4.79 Å². The molecule has 0 aromatic heterocycles. The van der Waals surface area contributed by atoms with E-state index < -0.39 is 17.9 Å². The number of carbonyl (C=O) groups is 2. The molecule has 0 N–H and O–H groups in total. The fourth-order valence-electron chi connectivity index (χ4n) is 1.89. The second kappa shape index (κ2) is 6.83. The molecule has 0 aliphatic heterocycles. The first-order valence-corrected chi connectivity index (χ1v) is 7.44. The van der Waals surface area contributed by atoms with E-state index in [-0.39, 0.29) is 11.3 Å². The van der Waals surface area contributed by atoms with Crippen LogP contribution in [0.4, 0.5) is 4.39 Å². The lowest BCUT2D eigenvalue weighted by Crippen LogP contribution is -2.24. The smallest absolute Gasteiger partial charge is 0.341 e. The minimum absolute atomic E-state index is 0.202. The molecule has 114 valence electrons. The molecule has 0 saturated carbocycles. The van der Waals surface area contributed by atoms with Crippen LogP contribution in [0, 0.1) is 12.7 Å². The Morgan fingerprint density at radius 3 is 2.36 bits per heavy atom. The van der Waals surface area contributed by atoms with Crippen LogP contribution in [0.5, 0.6) is 0 Å². The molecule has 0 fully saturated rings. The highest BCUT2D eigenvalue weighted by Crippen LogP contribution is 2.17. The maximum absolute atomic E-state index is 13.7. The Morgan fingerprint density at radius 1 is 1.14 bits per heavy atom. The van der Waals surface area contributed by atoms with Crippen molar-refractivity contribution in [3.05, 3.63) is 69.4 Å². The summed E-state index contributed by atoms with van der Waals surface area (Å²) in [5.41, 5.74) is 1.27. The van der Waals surface area contributed by atoms with Gasteiger partial charge in [0.1, 0.15) is 5.82 Å². The molecule has 2 rings (SSSR count). The zero-order valence-corrected chi connectivity index (χ0v) is 13.7. The number of carbonyl (C=O) groups excluding carboxylic acids is 2. The third kappa shape index (κ3) is 3.80. The van der Waals surface area contributed by atoms with E-state index in [4.69, 9.17) is 4.74 Å².